The zero-order valence-electron chi connectivity index (χ0n) is 11.5. The Morgan fingerprint density at radius 1 is 1.47 bits per heavy atom. The molecule has 0 unspecified atom stereocenters. The molecule has 0 radical (unpaired) electrons. The second-order valence-corrected chi connectivity index (χ2v) is 5.25. The number of rotatable bonds is 6. The van der Waals surface area contributed by atoms with Crippen molar-refractivity contribution in [3.63, 3.8) is 0 Å². The van der Waals surface area contributed by atoms with Crippen molar-refractivity contribution < 1.29 is 9.31 Å². The number of nitro benzene ring substituents is 1. The molecule has 5 nitrogen and oxygen atoms in total. The van der Waals surface area contributed by atoms with Crippen molar-refractivity contribution in [2.45, 2.75) is 20.8 Å². The first-order valence-electron chi connectivity index (χ1n) is 6.20. The van der Waals surface area contributed by atoms with Crippen LogP contribution in [0.2, 0.25) is 0 Å². The van der Waals surface area contributed by atoms with Gasteiger partial charge in [-0.2, -0.15) is 4.39 Å². The van der Waals surface area contributed by atoms with Gasteiger partial charge in [0.05, 0.1) is 4.92 Å². The van der Waals surface area contributed by atoms with Gasteiger partial charge in [-0.3, -0.25) is 10.1 Å². The van der Waals surface area contributed by atoms with Crippen LogP contribution in [0.4, 0.5) is 15.8 Å². The summed E-state index contributed by atoms with van der Waals surface area (Å²) in [4.78, 5) is 12.1. The van der Waals surface area contributed by atoms with Gasteiger partial charge in [0.15, 0.2) is 0 Å². The largest absolute Gasteiger partial charge is 0.366 e. The van der Waals surface area contributed by atoms with Crippen LogP contribution in [0.25, 0.3) is 0 Å². The van der Waals surface area contributed by atoms with Crippen LogP contribution in [-0.4, -0.2) is 24.6 Å². The lowest BCUT2D eigenvalue weighted by atomic mass is 9.93. The summed E-state index contributed by atoms with van der Waals surface area (Å²) in [5.74, 6) is -0.813. The molecule has 106 valence electrons. The third-order valence-electron chi connectivity index (χ3n) is 3.04. The third kappa shape index (κ3) is 3.64. The molecule has 1 aromatic rings. The monoisotopic (exact) mass is 269 g/mol. The summed E-state index contributed by atoms with van der Waals surface area (Å²) < 4.78 is 13.6. The van der Waals surface area contributed by atoms with E-state index in [1.165, 1.54) is 6.07 Å². The highest BCUT2D eigenvalue weighted by molar-refractivity contribution is 5.63. The van der Waals surface area contributed by atoms with Gasteiger partial charge >= 0.3 is 5.69 Å². The normalized spacial score (nSPS) is 11.4. The third-order valence-corrected chi connectivity index (χ3v) is 3.04. The molecule has 0 fully saturated rings. The quantitative estimate of drug-likeness (QED) is 0.636. The fourth-order valence-electron chi connectivity index (χ4n) is 1.89. The van der Waals surface area contributed by atoms with Crippen molar-refractivity contribution in [2.75, 3.05) is 24.5 Å². The van der Waals surface area contributed by atoms with E-state index in [0.717, 1.165) is 6.07 Å². The summed E-state index contributed by atoms with van der Waals surface area (Å²) in [6.07, 6.45) is 0. The van der Waals surface area contributed by atoms with Crippen LogP contribution in [-0.2, 0) is 0 Å². The van der Waals surface area contributed by atoms with Crippen LogP contribution >= 0.6 is 0 Å². The Labute approximate surface area is 112 Å². The van der Waals surface area contributed by atoms with E-state index in [2.05, 4.69) is 0 Å². The maximum Gasteiger partial charge on any atom is 0.327 e. The van der Waals surface area contributed by atoms with E-state index in [4.69, 9.17) is 5.73 Å². The molecule has 0 saturated carbocycles. The highest BCUT2D eigenvalue weighted by atomic mass is 19.1. The molecule has 19 heavy (non-hydrogen) atoms. The van der Waals surface area contributed by atoms with Gasteiger partial charge in [0, 0.05) is 13.1 Å². The van der Waals surface area contributed by atoms with E-state index in [-0.39, 0.29) is 5.41 Å². The SMILES string of the molecule is CCN(CC(C)(C)CN)c1cccc(F)c1[N+](=O)[O-]. The first-order valence-corrected chi connectivity index (χ1v) is 6.20. The predicted octanol–water partition coefficient (Wildman–Crippen LogP) is 2.55. The van der Waals surface area contributed by atoms with Gasteiger partial charge in [-0.1, -0.05) is 19.9 Å². The number of hydrogen-bond acceptors (Lipinski definition) is 4. The lowest BCUT2D eigenvalue weighted by Gasteiger charge is -2.32. The van der Waals surface area contributed by atoms with Crippen molar-refractivity contribution in [2.24, 2.45) is 11.1 Å². The van der Waals surface area contributed by atoms with E-state index >= 15 is 0 Å². The summed E-state index contributed by atoms with van der Waals surface area (Å²) in [7, 11) is 0. The maximum atomic E-state index is 13.6. The van der Waals surface area contributed by atoms with Gasteiger partial charge < -0.3 is 10.6 Å². The molecule has 0 bridgehead atoms. The molecular formula is C13H20FN3O2. The first kappa shape index (κ1) is 15.4. The molecule has 0 aliphatic rings. The molecule has 0 atom stereocenters. The number of halogens is 1. The predicted molar refractivity (Wildman–Crippen MR) is 73.8 cm³/mol. The second kappa shape index (κ2) is 5.97. The molecule has 0 spiro atoms. The summed E-state index contributed by atoms with van der Waals surface area (Å²) in [5.41, 5.74) is 5.31. The molecule has 0 heterocycles. The number of nitro groups is 1. The van der Waals surface area contributed by atoms with Gasteiger partial charge in [0.25, 0.3) is 0 Å². The van der Waals surface area contributed by atoms with Gasteiger partial charge in [-0.25, -0.2) is 0 Å². The zero-order valence-corrected chi connectivity index (χ0v) is 11.5. The lowest BCUT2D eigenvalue weighted by Crippen LogP contribution is -2.39. The average molecular weight is 269 g/mol. The smallest absolute Gasteiger partial charge is 0.327 e. The summed E-state index contributed by atoms with van der Waals surface area (Å²) in [5, 5.41) is 11.0. The maximum absolute atomic E-state index is 13.6. The number of benzene rings is 1. The standard InChI is InChI=1S/C13H20FN3O2/c1-4-16(9-13(2,3)8-15)11-7-5-6-10(14)12(11)17(18)19/h5-7H,4,8-9,15H2,1-3H3. The van der Waals surface area contributed by atoms with Crippen molar-refractivity contribution >= 4 is 11.4 Å². The lowest BCUT2D eigenvalue weighted by molar-refractivity contribution is -0.386. The average Bonchev–Trinajstić information content (AvgIpc) is 2.35. The molecule has 0 aromatic heterocycles. The fourth-order valence-corrected chi connectivity index (χ4v) is 1.89. The van der Waals surface area contributed by atoms with E-state index in [0.29, 0.717) is 25.3 Å². The van der Waals surface area contributed by atoms with Crippen LogP contribution in [0.15, 0.2) is 18.2 Å². The fraction of sp³-hybridized carbons (Fsp3) is 0.538. The molecule has 6 heteroatoms. The topological polar surface area (TPSA) is 72.4 Å². The van der Waals surface area contributed by atoms with Crippen LogP contribution < -0.4 is 10.6 Å². The van der Waals surface area contributed by atoms with Gasteiger partial charge in [-0.05, 0) is 31.0 Å². The van der Waals surface area contributed by atoms with Crippen LogP contribution in [0.3, 0.4) is 0 Å². The minimum atomic E-state index is -0.813. The Hall–Kier alpha value is -1.69. The minimum Gasteiger partial charge on any atom is -0.366 e. The summed E-state index contributed by atoms with van der Waals surface area (Å²) >= 11 is 0. The molecule has 0 aliphatic carbocycles. The Morgan fingerprint density at radius 2 is 2.11 bits per heavy atom. The molecule has 1 rings (SSSR count). The number of nitrogens with two attached hydrogens (primary N) is 1. The number of hydrogen-bond donors (Lipinski definition) is 1. The Bertz CT molecular complexity index is 463. The Morgan fingerprint density at radius 3 is 2.58 bits per heavy atom. The van der Waals surface area contributed by atoms with Gasteiger partial charge in [-0.15, -0.1) is 0 Å². The molecule has 1 aromatic carbocycles. The first-order chi connectivity index (χ1) is 8.82. The zero-order chi connectivity index (χ0) is 14.6. The van der Waals surface area contributed by atoms with Crippen LogP contribution in [0.1, 0.15) is 20.8 Å². The number of nitrogens with zero attached hydrogens (tertiary/aromatic N) is 2. The van der Waals surface area contributed by atoms with Crippen molar-refractivity contribution in [3.05, 3.63) is 34.1 Å². The molecule has 0 amide bonds. The Balaban J connectivity index is 3.19. The second-order valence-electron chi connectivity index (χ2n) is 5.25. The molecular weight excluding hydrogens is 249 g/mol. The number of para-hydroxylation sites is 1. The molecule has 0 saturated heterocycles. The van der Waals surface area contributed by atoms with Crippen LogP contribution in [0.5, 0.6) is 0 Å². The van der Waals surface area contributed by atoms with Gasteiger partial charge in [0.1, 0.15) is 5.69 Å². The molecule has 0 aliphatic heterocycles. The highest BCUT2D eigenvalue weighted by Gasteiger charge is 2.27. The van der Waals surface area contributed by atoms with E-state index in [9.17, 15) is 14.5 Å². The number of anilines is 1. The van der Waals surface area contributed by atoms with Crippen molar-refractivity contribution in [3.8, 4) is 0 Å². The van der Waals surface area contributed by atoms with E-state index in [1.54, 1.807) is 11.0 Å². The van der Waals surface area contributed by atoms with Gasteiger partial charge in [0.2, 0.25) is 5.82 Å². The summed E-state index contributed by atoms with van der Waals surface area (Å²) in [6, 6.07) is 4.15. The molecule has 2 N–H and O–H groups in total. The highest BCUT2D eigenvalue weighted by Crippen LogP contribution is 2.32. The minimum absolute atomic E-state index is 0.198. The summed E-state index contributed by atoms with van der Waals surface area (Å²) in [6.45, 7) is 7.35. The Kier molecular flexibility index (Phi) is 4.83. The van der Waals surface area contributed by atoms with E-state index in [1.807, 2.05) is 20.8 Å². The van der Waals surface area contributed by atoms with E-state index < -0.39 is 16.4 Å². The van der Waals surface area contributed by atoms with Crippen LogP contribution in [0, 0.1) is 21.3 Å². The van der Waals surface area contributed by atoms with Crippen molar-refractivity contribution in [1.29, 1.82) is 0 Å². The van der Waals surface area contributed by atoms with Crippen molar-refractivity contribution in [1.82, 2.24) is 0 Å².